The number of carbonyl (C=O) groups is 1. The van der Waals surface area contributed by atoms with Crippen LogP contribution in [0.3, 0.4) is 0 Å². The number of benzene rings is 3. The standard InChI is InChI=1S/C30H31NO3/c1-29(2,3)21-11-7-19(8-12-21)26-18-25(32)24-16-15-23(17-27(24)34-26)31-28(33)20-9-13-22(14-10-20)30(4,5)6/h7-18H,1-6H3,(H,31,33). The zero-order valence-corrected chi connectivity index (χ0v) is 20.7. The normalized spacial score (nSPS) is 12.1. The summed E-state index contributed by atoms with van der Waals surface area (Å²) >= 11 is 0. The van der Waals surface area contributed by atoms with Crippen LogP contribution >= 0.6 is 0 Å². The van der Waals surface area contributed by atoms with Gasteiger partial charge in [-0.15, -0.1) is 0 Å². The van der Waals surface area contributed by atoms with E-state index in [9.17, 15) is 9.59 Å². The Morgan fingerprint density at radius 3 is 1.85 bits per heavy atom. The van der Waals surface area contributed by atoms with E-state index in [0.717, 1.165) is 5.56 Å². The second-order valence-corrected chi connectivity index (χ2v) is 10.8. The van der Waals surface area contributed by atoms with Gasteiger partial charge in [0, 0.05) is 28.9 Å². The van der Waals surface area contributed by atoms with Crippen LogP contribution < -0.4 is 10.7 Å². The summed E-state index contributed by atoms with van der Waals surface area (Å²) in [4.78, 5) is 25.5. The van der Waals surface area contributed by atoms with E-state index in [0.29, 0.717) is 28.0 Å². The molecule has 4 heteroatoms. The maximum atomic E-state index is 12.8. The van der Waals surface area contributed by atoms with Crippen LogP contribution in [0.1, 0.15) is 63.0 Å². The van der Waals surface area contributed by atoms with Crippen molar-refractivity contribution < 1.29 is 9.21 Å². The minimum absolute atomic E-state index is 0.0235. The lowest BCUT2D eigenvalue weighted by Crippen LogP contribution is -2.14. The van der Waals surface area contributed by atoms with Gasteiger partial charge in [-0.1, -0.05) is 77.9 Å². The largest absolute Gasteiger partial charge is 0.456 e. The van der Waals surface area contributed by atoms with Crippen LogP contribution in [0.25, 0.3) is 22.3 Å². The molecule has 0 fully saturated rings. The molecule has 1 N–H and O–H groups in total. The van der Waals surface area contributed by atoms with Gasteiger partial charge in [0.1, 0.15) is 11.3 Å². The van der Waals surface area contributed by atoms with Crippen LogP contribution in [-0.4, -0.2) is 5.91 Å². The third kappa shape index (κ3) is 4.96. The predicted molar refractivity (Wildman–Crippen MR) is 140 cm³/mol. The quantitative estimate of drug-likeness (QED) is 0.354. The van der Waals surface area contributed by atoms with Gasteiger partial charge in [-0.05, 0) is 46.2 Å². The zero-order chi connectivity index (χ0) is 24.7. The lowest BCUT2D eigenvalue weighted by molar-refractivity contribution is 0.102. The first kappa shape index (κ1) is 23.5. The Morgan fingerprint density at radius 2 is 1.29 bits per heavy atom. The van der Waals surface area contributed by atoms with Gasteiger partial charge in [0.05, 0.1) is 5.39 Å². The molecule has 0 saturated carbocycles. The first-order valence-corrected chi connectivity index (χ1v) is 11.5. The summed E-state index contributed by atoms with van der Waals surface area (Å²) in [6.45, 7) is 12.9. The summed E-state index contributed by atoms with van der Waals surface area (Å²) in [5, 5.41) is 3.38. The fourth-order valence-corrected chi connectivity index (χ4v) is 3.83. The van der Waals surface area contributed by atoms with E-state index in [1.807, 2.05) is 36.4 Å². The van der Waals surface area contributed by atoms with Gasteiger partial charge in [0.15, 0.2) is 5.43 Å². The average Bonchev–Trinajstić information content (AvgIpc) is 2.78. The summed E-state index contributed by atoms with van der Waals surface area (Å²) < 4.78 is 6.08. The molecule has 0 saturated heterocycles. The van der Waals surface area contributed by atoms with Crippen molar-refractivity contribution in [2.24, 2.45) is 0 Å². The number of carbonyl (C=O) groups excluding carboxylic acids is 1. The molecule has 4 rings (SSSR count). The number of fused-ring (bicyclic) bond motifs is 1. The Balaban J connectivity index is 1.62. The van der Waals surface area contributed by atoms with Crippen LogP contribution in [0, 0.1) is 0 Å². The van der Waals surface area contributed by atoms with Crippen molar-refractivity contribution in [3.05, 3.63) is 99.7 Å². The minimum atomic E-state index is -0.212. The lowest BCUT2D eigenvalue weighted by Gasteiger charge is -2.19. The van der Waals surface area contributed by atoms with Gasteiger partial charge in [0.25, 0.3) is 5.91 Å². The minimum Gasteiger partial charge on any atom is -0.456 e. The molecule has 1 aromatic heterocycles. The topological polar surface area (TPSA) is 59.3 Å². The summed E-state index contributed by atoms with van der Waals surface area (Å²) in [7, 11) is 0. The van der Waals surface area contributed by atoms with Gasteiger partial charge >= 0.3 is 0 Å². The van der Waals surface area contributed by atoms with Crippen LogP contribution in [0.5, 0.6) is 0 Å². The number of nitrogens with one attached hydrogen (secondary N) is 1. The highest BCUT2D eigenvalue weighted by molar-refractivity contribution is 6.05. The van der Waals surface area contributed by atoms with Crippen molar-refractivity contribution in [2.45, 2.75) is 52.4 Å². The van der Waals surface area contributed by atoms with E-state index >= 15 is 0 Å². The molecule has 174 valence electrons. The van der Waals surface area contributed by atoms with Gasteiger partial charge in [-0.3, -0.25) is 9.59 Å². The SMILES string of the molecule is CC(C)(C)c1ccc(C(=O)Nc2ccc3c(=O)cc(-c4ccc(C(C)(C)C)cc4)oc3c2)cc1. The second kappa shape index (κ2) is 8.60. The number of anilines is 1. The molecule has 3 aromatic carbocycles. The highest BCUT2D eigenvalue weighted by Crippen LogP contribution is 2.28. The Labute approximate surface area is 200 Å². The average molecular weight is 454 g/mol. The van der Waals surface area contributed by atoms with Crippen LogP contribution in [0.2, 0.25) is 0 Å². The highest BCUT2D eigenvalue weighted by atomic mass is 16.3. The lowest BCUT2D eigenvalue weighted by atomic mass is 9.86. The van der Waals surface area contributed by atoms with Crippen molar-refractivity contribution in [3.63, 3.8) is 0 Å². The summed E-state index contributed by atoms with van der Waals surface area (Å²) in [5.74, 6) is 0.287. The van der Waals surface area contributed by atoms with Crippen molar-refractivity contribution in [3.8, 4) is 11.3 Å². The van der Waals surface area contributed by atoms with E-state index in [4.69, 9.17) is 4.42 Å². The molecule has 4 aromatic rings. The van der Waals surface area contributed by atoms with E-state index in [2.05, 4.69) is 59.0 Å². The summed E-state index contributed by atoms with van der Waals surface area (Å²) in [5.41, 5.74) is 4.73. The maximum absolute atomic E-state index is 12.8. The highest BCUT2D eigenvalue weighted by Gasteiger charge is 2.16. The molecule has 0 aliphatic carbocycles. The Bertz CT molecular complexity index is 1400. The van der Waals surface area contributed by atoms with Crippen molar-refractivity contribution in [1.29, 1.82) is 0 Å². The number of amides is 1. The molecular weight excluding hydrogens is 422 g/mol. The Hall–Kier alpha value is -3.66. The van der Waals surface area contributed by atoms with E-state index in [-0.39, 0.29) is 22.2 Å². The molecule has 0 unspecified atom stereocenters. The Kier molecular flexibility index (Phi) is 5.94. The molecule has 0 atom stereocenters. The Morgan fingerprint density at radius 1 is 0.735 bits per heavy atom. The fourth-order valence-electron chi connectivity index (χ4n) is 3.83. The van der Waals surface area contributed by atoms with Crippen LogP contribution in [0.4, 0.5) is 5.69 Å². The van der Waals surface area contributed by atoms with Gasteiger partial charge in [-0.25, -0.2) is 0 Å². The summed E-state index contributed by atoms with van der Waals surface area (Å²) in [6.07, 6.45) is 0. The van der Waals surface area contributed by atoms with Gasteiger partial charge < -0.3 is 9.73 Å². The molecule has 1 heterocycles. The maximum Gasteiger partial charge on any atom is 0.255 e. The zero-order valence-electron chi connectivity index (χ0n) is 20.7. The monoisotopic (exact) mass is 453 g/mol. The van der Waals surface area contributed by atoms with E-state index in [1.54, 1.807) is 18.2 Å². The first-order valence-electron chi connectivity index (χ1n) is 11.5. The molecule has 34 heavy (non-hydrogen) atoms. The smallest absolute Gasteiger partial charge is 0.255 e. The number of hydrogen-bond acceptors (Lipinski definition) is 3. The second-order valence-electron chi connectivity index (χ2n) is 10.8. The molecule has 0 radical (unpaired) electrons. The molecule has 0 bridgehead atoms. The molecule has 1 amide bonds. The molecule has 0 aliphatic heterocycles. The molecule has 0 aliphatic rings. The molecule has 4 nitrogen and oxygen atoms in total. The van der Waals surface area contributed by atoms with E-state index < -0.39 is 0 Å². The molecular formula is C30H31NO3. The predicted octanol–water partition coefficient (Wildman–Crippen LogP) is 7.31. The van der Waals surface area contributed by atoms with Gasteiger partial charge in [-0.2, -0.15) is 0 Å². The molecule has 0 spiro atoms. The van der Waals surface area contributed by atoms with Crippen molar-refractivity contribution in [2.75, 3.05) is 5.32 Å². The van der Waals surface area contributed by atoms with Crippen LogP contribution in [-0.2, 0) is 10.8 Å². The van der Waals surface area contributed by atoms with Crippen molar-refractivity contribution in [1.82, 2.24) is 0 Å². The third-order valence-corrected chi connectivity index (χ3v) is 6.04. The van der Waals surface area contributed by atoms with E-state index in [1.165, 1.54) is 17.2 Å². The fraction of sp³-hybridized carbons (Fsp3) is 0.267. The van der Waals surface area contributed by atoms with Crippen molar-refractivity contribution >= 4 is 22.6 Å². The number of rotatable bonds is 3. The number of hydrogen-bond donors (Lipinski definition) is 1. The summed E-state index contributed by atoms with van der Waals surface area (Å²) in [6, 6.07) is 22.3. The third-order valence-electron chi connectivity index (χ3n) is 6.04. The van der Waals surface area contributed by atoms with Gasteiger partial charge in [0.2, 0.25) is 0 Å². The first-order chi connectivity index (χ1) is 15.9. The van der Waals surface area contributed by atoms with Crippen LogP contribution in [0.15, 0.2) is 82.0 Å².